The Hall–Kier alpha value is -3.55. The number of imidazole rings is 1. The van der Waals surface area contributed by atoms with Gasteiger partial charge in [-0.3, -0.25) is 4.99 Å². The van der Waals surface area contributed by atoms with Gasteiger partial charge in [0, 0.05) is 6.54 Å². The van der Waals surface area contributed by atoms with Crippen LogP contribution >= 0.6 is 0 Å². The summed E-state index contributed by atoms with van der Waals surface area (Å²) in [6.07, 6.45) is -1.99. The number of nitrogens with zero attached hydrogens (tertiary/aromatic N) is 5. The van der Waals surface area contributed by atoms with Crippen LogP contribution in [-0.4, -0.2) is 50.1 Å². The number of nitrogens with one attached hydrogen (secondary N) is 1. The Bertz CT molecular complexity index is 1150. The lowest BCUT2D eigenvalue weighted by Gasteiger charge is -2.36. The number of rotatable bonds is 6. The fraction of sp³-hybridized carbons (Fsp3) is 0.478. The lowest BCUT2D eigenvalue weighted by Crippen LogP contribution is -2.49. The number of aromatic carboxylic acids is 1. The molecule has 0 bridgehead atoms. The van der Waals surface area contributed by atoms with E-state index in [1.165, 1.54) is 16.7 Å². The average molecular weight is 474 g/mol. The SMILES string of the molecule is CCN1C(=NC(C)C2CCC2)c2c(nc(C(=O)O)n2Cc2ccc(C(F)(F)F)cc2)N[C@@H]1C#N. The van der Waals surface area contributed by atoms with Crippen LogP contribution in [0.5, 0.6) is 0 Å². The van der Waals surface area contributed by atoms with Crippen LogP contribution in [0.2, 0.25) is 0 Å². The van der Waals surface area contributed by atoms with Gasteiger partial charge in [-0.15, -0.1) is 0 Å². The van der Waals surface area contributed by atoms with Crippen molar-refractivity contribution in [3.8, 4) is 6.07 Å². The first kappa shape index (κ1) is 23.6. The van der Waals surface area contributed by atoms with Crippen LogP contribution in [0.4, 0.5) is 19.0 Å². The smallest absolute Gasteiger partial charge is 0.416 e. The van der Waals surface area contributed by atoms with Crippen molar-refractivity contribution in [3.63, 3.8) is 0 Å². The number of anilines is 1. The molecule has 1 aliphatic heterocycles. The van der Waals surface area contributed by atoms with E-state index in [4.69, 9.17) is 4.99 Å². The van der Waals surface area contributed by atoms with Gasteiger partial charge in [0.25, 0.3) is 0 Å². The summed E-state index contributed by atoms with van der Waals surface area (Å²) in [7, 11) is 0. The molecule has 8 nitrogen and oxygen atoms in total. The molecule has 1 aromatic heterocycles. The van der Waals surface area contributed by atoms with Crippen LogP contribution in [0, 0.1) is 17.2 Å². The maximum Gasteiger partial charge on any atom is 0.416 e. The van der Waals surface area contributed by atoms with Crippen LogP contribution in [0.3, 0.4) is 0 Å². The first-order chi connectivity index (χ1) is 16.1. The summed E-state index contributed by atoms with van der Waals surface area (Å²) < 4.78 is 40.3. The van der Waals surface area contributed by atoms with Crippen molar-refractivity contribution in [1.82, 2.24) is 14.5 Å². The van der Waals surface area contributed by atoms with Crippen molar-refractivity contribution in [3.05, 3.63) is 46.9 Å². The first-order valence-electron chi connectivity index (χ1n) is 11.1. The summed E-state index contributed by atoms with van der Waals surface area (Å²) in [5, 5.41) is 22.5. The molecule has 11 heteroatoms. The van der Waals surface area contributed by atoms with E-state index in [1.807, 2.05) is 13.8 Å². The van der Waals surface area contributed by atoms with Crippen LogP contribution in [0.1, 0.15) is 60.5 Å². The fourth-order valence-electron chi connectivity index (χ4n) is 4.33. The first-order valence-corrected chi connectivity index (χ1v) is 11.1. The molecule has 0 amide bonds. The number of aliphatic imine (C=N–C) groups is 1. The van der Waals surface area contributed by atoms with Crippen molar-refractivity contribution >= 4 is 17.6 Å². The highest BCUT2D eigenvalue weighted by Gasteiger charge is 2.37. The number of aromatic nitrogens is 2. The van der Waals surface area contributed by atoms with Gasteiger partial charge < -0.3 is 19.9 Å². The van der Waals surface area contributed by atoms with Gasteiger partial charge in [-0.2, -0.15) is 18.4 Å². The summed E-state index contributed by atoms with van der Waals surface area (Å²) in [5.74, 6) is -0.466. The molecule has 1 unspecified atom stereocenters. The third-order valence-corrected chi connectivity index (χ3v) is 6.47. The molecule has 4 rings (SSSR count). The molecular weight excluding hydrogens is 449 g/mol. The summed E-state index contributed by atoms with van der Waals surface area (Å²) in [6, 6.07) is 6.70. The lowest BCUT2D eigenvalue weighted by molar-refractivity contribution is -0.137. The number of amidine groups is 1. The number of carbonyl (C=O) groups is 1. The van der Waals surface area contributed by atoms with E-state index in [0.29, 0.717) is 29.6 Å². The van der Waals surface area contributed by atoms with E-state index in [1.54, 1.807) is 4.90 Å². The van der Waals surface area contributed by atoms with Crippen LogP contribution < -0.4 is 5.32 Å². The van der Waals surface area contributed by atoms with Crippen LogP contribution in [0.25, 0.3) is 0 Å². The van der Waals surface area contributed by atoms with Crippen LogP contribution in [-0.2, 0) is 12.7 Å². The number of hydrogen-bond donors (Lipinski definition) is 2. The number of halogens is 3. The highest BCUT2D eigenvalue weighted by atomic mass is 19.4. The summed E-state index contributed by atoms with van der Waals surface area (Å²) in [6.45, 7) is 4.29. The van der Waals surface area contributed by atoms with E-state index in [0.717, 1.165) is 31.4 Å². The lowest BCUT2D eigenvalue weighted by atomic mass is 9.80. The third-order valence-electron chi connectivity index (χ3n) is 6.47. The minimum absolute atomic E-state index is 0.0185. The molecule has 0 saturated heterocycles. The second kappa shape index (κ2) is 9.00. The predicted octanol–water partition coefficient (Wildman–Crippen LogP) is 4.18. The topological polar surface area (TPSA) is 107 Å². The molecule has 0 radical (unpaired) electrons. The van der Waals surface area contributed by atoms with Gasteiger partial charge >= 0.3 is 12.1 Å². The van der Waals surface area contributed by atoms with Crippen molar-refractivity contribution in [1.29, 1.82) is 5.26 Å². The van der Waals surface area contributed by atoms with Gasteiger partial charge in [-0.1, -0.05) is 18.6 Å². The van der Waals surface area contributed by atoms with Crippen LogP contribution in [0.15, 0.2) is 29.3 Å². The van der Waals surface area contributed by atoms with Gasteiger partial charge in [0.1, 0.15) is 11.8 Å². The van der Waals surface area contributed by atoms with Gasteiger partial charge in [0.05, 0.1) is 18.2 Å². The maximum absolute atomic E-state index is 13.0. The number of hydrogen-bond acceptors (Lipinski definition) is 5. The molecule has 1 saturated carbocycles. The zero-order chi connectivity index (χ0) is 24.6. The molecule has 2 aliphatic rings. The third kappa shape index (κ3) is 4.32. The maximum atomic E-state index is 13.0. The second-order valence-electron chi connectivity index (χ2n) is 8.56. The Morgan fingerprint density at radius 2 is 2.03 bits per heavy atom. The van der Waals surface area contributed by atoms with E-state index < -0.39 is 23.9 Å². The standard InChI is InChI=1S/C23H25F3N6O2/c1-3-31-17(11-27)29-19-18(20(31)28-13(2)15-5-4-6-15)32(21(30-19)22(33)34)12-14-7-9-16(10-8-14)23(24,25)26/h7-10,13,15,17,29H,3-6,12H2,1-2H3,(H,33,34)/t13?,17-/m0/s1. The highest BCUT2D eigenvalue weighted by molar-refractivity contribution is 6.05. The van der Waals surface area contributed by atoms with Crippen molar-refractivity contribution in [2.75, 3.05) is 11.9 Å². The highest BCUT2D eigenvalue weighted by Crippen LogP contribution is 2.34. The average Bonchev–Trinajstić information content (AvgIpc) is 3.10. The Labute approximate surface area is 194 Å². The molecule has 0 spiro atoms. The summed E-state index contributed by atoms with van der Waals surface area (Å²) in [5.41, 5.74) is 0.110. The molecule has 34 heavy (non-hydrogen) atoms. The molecule has 2 atom stereocenters. The molecule has 2 aromatic rings. The van der Waals surface area contributed by atoms with Crippen molar-refractivity contribution in [2.45, 2.75) is 58.0 Å². The zero-order valence-corrected chi connectivity index (χ0v) is 18.8. The molecule has 1 aliphatic carbocycles. The van der Waals surface area contributed by atoms with Crippen molar-refractivity contribution < 1.29 is 23.1 Å². The number of fused-ring (bicyclic) bond motifs is 1. The fourth-order valence-corrected chi connectivity index (χ4v) is 4.33. The number of alkyl halides is 3. The monoisotopic (exact) mass is 474 g/mol. The molecule has 1 fully saturated rings. The molecule has 2 heterocycles. The van der Waals surface area contributed by atoms with Gasteiger partial charge in [-0.05, 0) is 50.3 Å². The summed E-state index contributed by atoms with van der Waals surface area (Å²) in [4.78, 5) is 22.9. The Kier molecular flexibility index (Phi) is 6.25. The quantitative estimate of drug-likeness (QED) is 0.651. The van der Waals surface area contributed by atoms with E-state index in [2.05, 4.69) is 16.4 Å². The predicted molar refractivity (Wildman–Crippen MR) is 118 cm³/mol. The van der Waals surface area contributed by atoms with Crippen molar-refractivity contribution in [2.24, 2.45) is 10.9 Å². The normalized spacial score (nSPS) is 20.3. The van der Waals surface area contributed by atoms with E-state index >= 15 is 0 Å². The Morgan fingerprint density at radius 1 is 1.35 bits per heavy atom. The number of nitriles is 1. The van der Waals surface area contributed by atoms with E-state index in [9.17, 15) is 28.3 Å². The van der Waals surface area contributed by atoms with Gasteiger partial charge in [0.15, 0.2) is 17.8 Å². The van der Waals surface area contributed by atoms with E-state index in [-0.39, 0.29) is 24.2 Å². The largest absolute Gasteiger partial charge is 0.475 e. The van der Waals surface area contributed by atoms with Gasteiger partial charge in [0.2, 0.25) is 5.82 Å². The molecular formula is C23H25F3N6O2. The Morgan fingerprint density at radius 3 is 2.53 bits per heavy atom. The Balaban J connectivity index is 1.82. The molecule has 180 valence electrons. The molecule has 1 aromatic carbocycles. The summed E-state index contributed by atoms with van der Waals surface area (Å²) >= 11 is 0. The van der Waals surface area contributed by atoms with Gasteiger partial charge in [-0.25, -0.2) is 9.78 Å². The second-order valence-corrected chi connectivity index (χ2v) is 8.56. The number of carboxylic acid groups (broad SMARTS) is 1. The minimum Gasteiger partial charge on any atom is -0.475 e. The minimum atomic E-state index is -4.46. The molecule has 2 N–H and O–H groups in total. The number of carboxylic acids is 1. The number of benzene rings is 1. The zero-order valence-electron chi connectivity index (χ0n) is 18.8.